The molecule has 19 heavy (non-hydrogen) atoms. The highest BCUT2D eigenvalue weighted by Gasteiger charge is 2.22. The second-order valence-corrected chi connectivity index (χ2v) is 6.32. The van der Waals surface area contributed by atoms with Gasteiger partial charge in [-0.3, -0.25) is 0 Å². The Bertz CT molecular complexity index is 383. The summed E-state index contributed by atoms with van der Waals surface area (Å²) in [7, 11) is 0. The Morgan fingerprint density at radius 2 is 1.89 bits per heavy atom. The smallest absolute Gasteiger partial charge is 0.0453 e. The van der Waals surface area contributed by atoms with Crippen LogP contribution in [-0.2, 0) is 0 Å². The summed E-state index contributed by atoms with van der Waals surface area (Å²) in [5.74, 6) is 0.971. The van der Waals surface area contributed by atoms with Crippen LogP contribution in [-0.4, -0.2) is 6.04 Å². The fourth-order valence-electron chi connectivity index (χ4n) is 3.30. The molecule has 1 aliphatic carbocycles. The molecular formula is C17H26ClN. The first-order chi connectivity index (χ1) is 9.20. The summed E-state index contributed by atoms with van der Waals surface area (Å²) in [4.78, 5) is 0. The Kier molecular flexibility index (Phi) is 5.72. The Hall–Kier alpha value is -0.530. The molecule has 0 amide bonds. The van der Waals surface area contributed by atoms with Crippen LogP contribution < -0.4 is 5.32 Å². The van der Waals surface area contributed by atoms with Crippen LogP contribution in [0, 0.1) is 5.92 Å². The van der Waals surface area contributed by atoms with E-state index in [1.165, 1.54) is 44.1 Å². The van der Waals surface area contributed by atoms with Gasteiger partial charge in [-0.15, -0.1) is 0 Å². The summed E-state index contributed by atoms with van der Waals surface area (Å²) in [6.45, 7) is 4.52. The van der Waals surface area contributed by atoms with Gasteiger partial charge >= 0.3 is 0 Å². The zero-order valence-corrected chi connectivity index (χ0v) is 12.9. The molecule has 0 aliphatic heterocycles. The Balaban J connectivity index is 1.84. The lowest BCUT2D eigenvalue weighted by atomic mass is 9.83. The first-order valence-electron chi connectivity index (χ1n) is 7.71. The highest BCUT2D eigenvalue weighted by atomic mass is 35.5. The number of hydrogen-bond donors (Lipinski definition) is 1. The third-order valence-electron chi connectivity index (χ3n) is 4.40. The average molecular weight is 280 g/mol. The van der Waals surface area contributed by atoms with Crippen LogP contribution in [0.25, 0.3) is 0 Å². The van der Waals surface area contributed by atoms with E-state index in [9.17, 15) is 0 Å². The molecule has 1 aliphatic rings. The van der Waals surface area contributed by atoms with E-state index >= 15 is 0 Å². The molecule has 1 saturated carbocycles. The Morgan fingerprint density at radius 1 is 1.21 bits per heavy atom. The van der Waals surface area contributed by atoms with Crippen molar-refractivity contribution in [3.05, 3.63) is 34.9 Å². The van der Waals surface area contributed by atoms with Gasteiger partial charge in [0.25, 0.3) is 0 Å². The van der Waals surface area contributed by atoms with Crippen molar-refractivity contribution in [2.24, 2.45) is 5.92 Å². The van der Waals surface area contributed by atoms with Gasteiger partial charge in [0.2, 0.25) is 0 Å². The van der Waals surface area contributed by atoms with Crippen molar-refractivity contribution in [1.82, 2.24) is 5.32 Å². The monoisotopic (exact) mass is 279 g/mol. The maximum atomic E-state index is 6.26. The van der Waals surface area contributed by atoms with Crippen molar-refractivity contribution < 1.29 is 0 Å². The third-order valence-corrected chi connectivity index (χ3v) is 4.75. The molecular weight excluding hydrogens is 254 g/mol. The molecule has 0 spiro atoms. The topological polar surface area (TPSA) is 12.0 Å². The van der Waals surface area contributed by atoms with Crippen LogP contribution >= 0.6 is 11.6 Å². The molecule has 0 heterocycles. The summed E-state index contributed by atoms with van der Waals surface area (Å²) in [6, 6.07) is 9.18. The molecule has 2 heteroatoms. The number of benzene rings is 1. The summed E-state index contributed by atoms with van der Waals surface area (Å²) >= 11 is 6.26. The zero-order valence-electron chi connectivity index (χ0n) is 12.2. The largest absolute Gasteiger partial charge is 0.307 e. The third kappa shape index (κ3) is 4.22. The standard InChI is InChI=1S/C17H26ClN/c1-3-6-14-9-11-15(12-10-14)19-13(2)16-7-4-5-8-17(16)18/h4-5,7-8,13-15,19H,3,6,9-12H2,1-2H3/t13-,14?,15?/m0/s1. The second kappa shape index (κ2) is 7.31. The van der Waals surface area contributed by atoms with Gasteiger partial charge in [-0.1, -0.05) is 49.6 Å². The van der Waals surface area contributed by atoms with E-state index in [-0.39, 0.29) is 0 Å². The molecule has 1 nitrogen and oxygen atoms in total. The van der Waals surface area contributed by atoms with Crippen LogP contribution in [0.5, 0.6) is 0 Å². The van der Waals surface area contributed by atoms with Crippen LogP contribution in [0.4, 0.5) is 0 Å². The van der Waals surface area contributed by atoms with Gasteiger partial charge < -0.3 is 5.32 Å². The van der Waals surface area contributed by atoms with Crippen LogP contribution in [0.2, 0.25) is 5.02 Å². The van der Waals surface area contributed by atoms with Crippen LogP contribution in [0.3, 0.4) is 0 Å². The summed E-state index contributed by atoms with van der Waals surface area (Å²) in [5, 5.41) is 4.63. The first-order valence-corrected chi connectivity index (χ1v) is 8.09. The summed E-state index contributed by atoms with van der Waals surface area (Å²) in [5.41, 5.74) is 1.22. The lowest BCUT2D eigenvalue weighted by Gasteiger charge is -2.31. The summed E-state index contributed by atoms with van der Waals surface area (Å²) < 4.78 is 0. The molecule has 0 saturated heterocycles. The molecule has 0 bridgehead atoms. The Labute approximate surface area is 122 Å². The molecule has 0 unspecified atom stereocenters. The SMILES string of the molecule is CCCC1CCC(N[C@@H](C)c2ccccc2Cl)CC1. The Morgan fingerprint density at radius 3 is 2.53 bits per heavy atom. The van der Waals surface area contributed by atoms with Gasteiger partial charge in [-0.05, 0) is 50.2 Å². The van der Waals surface area contributed by atoms with E-state index in [4.69, 9.17) is 11.6 Å². The minimum atomic E-state index is 0.349. The maximum Gasteiger partial charge on any atom is 0.0453 e. The molecule has 1 N–H and O–H groups in total. The van der Waals surface area contributed by atoms with Crippen molar-refractivity contribution >= 4 is 11.6 Å². The molecule has 1 atom stereocenters. The predicted octanol–water partition coefficient (Wildman–Crippen LogP) is 5.35. The molecule has 0 aromatic heterocycles. The van der Waals surface area contributed by atoms with E-state index < -0.39 is 0 Å². The number of nitrogens with one attached hydrogen (secondary N) is 1. The highest BCUT2D eigenvalue weighted by Crippen LogP contribution is 2.30. The molecule has 106 valence electrons. The van der Waals surface area contributed by atoms with Crippen molar-refractivity contribution in [1.29, 1.82) is 0 Å². The zero-order chi connectivity index (χ0) is 13.7. The van der Waals surface area contributed by atoms with Crippen molar-refractivity contribution in [3.63, 3.8) is 0 Å². The highest BCUT2D eigenvalue weighted by molar-refractivity contribution is 6.31. The normalized spacial score (nSPS) is 25.2. The quantitative estimate of drug-likeness (QED) is 0.766. The first kappa shape index (κ1) is 14.9. The molecule has 1 aromatic carbocycles. The van der Waals surface area contributed by atoms with E-state index in [0.717, 1.165) is 10.9 Å². The van der Waals surface area contributed by atoms with E-state index in [1.807, 2.05) is 12.1 Å². The summed E-state index contributed by atoms with van der Waals surface area (Å²) in [6.07, 6.45) is 8.16. The van der Waals surface area contributed by atoms with Gasteiger partial charge in [-0.25, -0.2) is 0 Å². The number of hydrogen-bond acceptors (Lipinski definition) is 1. The van der Waals surface area contributed by atoms with Crippen molar-refractivity contribution in [2.45, 2.75) is 64.5 Å². The number of rotatable bonds is 5. The van der Waals surface area contributed by atoms with Crippen LogP contribution in [0.15, 0.2) is 24.3 Å². The van der Waals surface area contributed by atoms with Crippen LogP contribution in [0.1, 0.15) is 64.0 Å². The van der Waals surface area contributed by atoms with E-state index in [1.54, 1.807) is 0 Å². The van der Waals surface area contributed by atoms with Gasteiger partial charge in [0.1, 0.15) is 0 Å². The molecule has 2 rings (SSSR count). The lowest BCUT2D eigenvalue weighted by Crippen LogP contribution is -2.35. The minimum absolute atomic E-state index is 0.349. The van der Waals surface area contributed by atoms with E-state index in [2.05, 4.69) is 31.3 Å². The maximum absolute atomic E-state index is 6.26. The molecule has 1 fully saturated rings. The molecule has 1 aromatic rings. The number of halogens is 1. The van der Waals surface area contributed by atoms with Gasteiger partial charge in [0.15, 0.2) is 0 Å². The predicted molar refractivity (Wildman–Crippen MR) is 83.7 cm³/mol. The second-order valence-electron chi connectivity index (χ2n) is 5.92. The molecule has 0 radical (unpaired) electrons. The fourth-order valence-corrected chi connectivity index (χ4v) is 3.60. The fraction of sp³-hybridized carbons (Fsp3) is 0.647. The van der Waals surface area contributed by atoms with Gasteiger partial charge in [0, 0.05) is 17.1 Å². The van der Waals surface area contributed by atoms with Gasteiger partial charge in [0.05, 0.1) is 0 Å². The lowest BCUT2D eigenvalue weighted by molar-refractivity contribution is 0.266. The van der Waals surface area contributed by atoms with Crippen molar-refractivity contribution in [3.8, 4) is 0 Å². The van der Waals surface area contributed by atoms with Gasteiger partial charge in [-0.2, -0.15) is 0 Å². The van der Waals surface area contributed by atoms with Crippen molar-refractivity contribution in [2.75, 3.05) is 0 Å². The minimum Gasteiger partial charge on any atom is -0.307 e. The van der Waals surface area contributed by atoms with E-state index in [0.29, 0.717) is 12.1 Å². The average Bonchev–Trinajstić information content (AvgIpc) is 2.42.